The van der Waals surface area contributed by atoms with E-state index in [0.717, 1.165) is 12.1 Å². The fourth-order valence-corrected chi connectivity index (χ4v) is 2.18. The SMILES string of the molecule is O=C(NC1CCNCC1)c1ccc(F)cc1C(F)(F)F. The second-order valence-corrected chi connectivity index (χ2v) is 4.69. The number of rotatable bonds is 2. The van der Waals surface area contributed by atoms with Gasteiger partial charge < -0.3 is 10.6 Å². The summed E-state index contributed by atoms with van der Waals surface area (Å²) in [6.07, 6.45) is -3.44. The minimum absolute atomic E-state index is 0.158. The number of nitrogens with one attached hydrogen (secondary N) is 2. The predicted octanol–water partition coefficient (Wildman–Crippen LogP) is 2.33. The van der Waals surface area contributed by atoms with Crippen LogP contribution >= 0.6 is 0 Å². The van der Waals surface area contributed by atoms with Gasteiger partial charge in [0.2, 0.25) is 0 Å². The second-order valence-electron chi connectivity index (χ2n) is 4.69. The van der Waals surface area contributed by atoms with E-state index in [1.165, 1.54) is 0 Å². The highest BCUT2D eigenvalue weighted by molar-refractivity contribution is 5.96. The third kappa shape index (κ3) is 3.47. The van der Waals surface area contributed by atoms with Crippen LogP contribution in [0.4, 0.5) is 17.6 Å². The van der Waals surface area contributed by atoms with Crippen molar-refractivity contribution in [1.82, 2.24) is 10.6 Å². The van der Waals surface area contributed by atoms with Gasteiger partial charge in [0.25, 0.3) is 5.91 Å². The molecule has 0 saturated carbocycles. The molecule has 0 aliphatic carbocycles. The molecule has 1 amide bonds. The van der Waals surface area contributed by atoms with Crippen molar-refractivity contribution in [3.8, 4) is 0 Å². The van der Waals surface area contributed by atoms with E-state index in [0.29, 0.717) is 32.0 Å². The van der Waals surface area contributed by atoms with Crippen molar-refractivity contribution in [1.29, 1.82) is 0 Å². The van der Waals surface area contributed by atoms with Crippen LogP contribution in [0.15, 0.2) is 18.2 Å². The van der Waals surface area contributed by atoms with Gasteiger partial charge in [-0.2, -0.15) is 13.2 Å². The average molecular weight is 290 g/mol. The normalized spacial score (nSPS) is 17.0. The number of amides is 1. The molecule has 0 unspecified atom stereocenters. The number of benzene rings is 1. The summed E-state index contributed by atoms with van der Waals surface area (Å²) in [6.45, 7) is 1.42. The van der Waals surface area contributed by atoms with Crippen molar-refractivity contribution < 1.29 is 22.4 Å². The number of carbonyl (C=O) groups is 1. The van der Waals surface area contributed by atoms with Gasteiger partial charge >= 0.3 is 6.18 Å². The Bertz CT molecular complexity index is 496. The van der Waals surface area contributed by atoms with Crippen LogP contribution in [0.5, 0.6) is 0 Å². The van der Waals surface area contributed by atoms with Crippen molar-refractivity contribution in [2.24, 2.45) is 0 Å². The summed E-state index contributed by atoms with van der Waals surface area (Å²) in [5.74, 6) is -1.83. The molecule has 2 N–H and O–H groups in total. The first kappa shape index (κ1) is 14.8. The molecule has 0 bridgehead atoms. The van der Waals surface area contributed by atoms with Crippen LogP contribution in [0.1, 0.15) is 28.8 Å². The maximum Gasteiger partial charge on any atom is 0.417 e. The molecule has 0 radical (unpaired) electrons. The zero-order chi connectivity index (χ0) is 14.8. The topological polar surface area (TPSA) is 41.1 Å². The Balaban J connectivity index is 2.20. The van der Waals surface area contributed by atoms with Crippen molar-refractivity contribution in [3.63, 3.8) is 0 Å². The summed E-state index contributed by atoms with van der Waals surface area (Å²) in [4.78, 5) is 11.9. The molecule has 1 aliphatic heterocycles. The highest BCUT2D eigenvalue weighted by Crippen LogP contribution is 2.32. The molecule has 1 aliphatic rings. The van der Waals surface area contributed by atoms with E-state index in [4.69, 9.17) is 0 Å². The number of piperidine rings is 1. The fourth-order valence-electron chi connectivity index (χ4n) is 2.18. The molecule has 7 heteroatoms. The fraction of sp³-hybridized carbons (Fsp3) is 0.462. The molecule has 1 saturated heterocycles. The van der Waals surface area contributed by atoms with Gasteiger partial charge in [-0.25, -0.2) is 4.39 Å². The zero-order valence-electron chi connectivity index (χ0n) is 10.6. The minimum atomic E-state index is -4.76. The quantitative estimate of drug-likeness (QED) is 0.821. The van der Waals surface area contributed by atoms with Gasteiger partial charge in [0, 0.05) is 6.04 Å². The van der Waals surface area contributed by atoms with Gasteiger partial charge in [-0.1, -0.05) is 0 Å². The molecule has 3 nitrogen and oxygen atoms in total. The first-order valence-electron chi connectivity index (χ1n) is 6.26. The van der Waals surface area contributed by atoms with E-state index >= 15 is 0 Å². The summed E-state index contributed by atoms with van der Waals surface area (Å²) < 4.78 is 51.4. The van der Waals surface area contributed by atoms with Crippen LogP contribution in [-0.2, 0) is 6.18 Å². The Morgan fingerprint density at radius 2 is 1.90 bits per heavy atom. The number of alkyl halides is 3. The largest absolute Gasteiger partial charge is 0.417 e. The summed E-state index contributed by atoms with van der Waals surface area (Å²) in [7, 11) is 0. The standard InChI is InChI=1S/C13H14F4N2O/c14-8-1-2-10(11(7-8)13(15,16)17)12(20)19-9-3-5-18-6-4-9/h1-2,7,9,18H,3-6H2,(H,19,20). The summed E-state index contributed by atoms with van der Waals surface area (Å²) in [6, 6.07) is 1.91. The Morgan fingerprint density at radius 1 is 1.25 bits per heavy atom. The van der Waals surface area contributed by atoms with Crippen LogP contribution in [0.3, 0.4) is 0 Å². The third-order valence-corrected chi connectivity index (χ3v) is 3.21. The Labute approximate surface area is 113 Å². The lowest BCUT2D eigenvalue weighted by Crippen LogP contribution is -2.43. The highest BCUT2D eigenvalue weighted by Gasteiger charge is 2.36. The van der Waals surface area contributed by atoms with E-state index < -0.39 is 29.0 Å². The minimum Gasteiger partial charge on any atom is -0.349 e. The van der Waals surface area contributed by atoms with Gasteiger partial charge in [-0.15, -0.1) is 0 Å². The maximum absolute atomic E-state index is 13.0. The molecular formula is C13H14F4N2O. The second kappa shape index (κ2) is 5.78. The van der Waals surface area contributed by atoms with Crippen LogP contribution < -0.4 is 10.6 Å². The summed E-state index contributed by atoms with van der Waals surface area (Å²) in [5, 5.41) is 5.66. The number of hydrogen-bond acceptors (Lipinski definition) is 2. The van der Waals surface area contributed by atoms with Gasteiger partial charge in [-0.05, 0) is 44.1 Å². The molecule has 1 heterocycles. The van der Waals surface area contributed by atoms with Crippen LogP contribution in [0.25, 0.3) is 0 Å². The lowest BCUT2D eigenvalue weighted by atomic mass is 10.0. The summed E-state index contributed by atoms with van der Waals surface area (Å²) >= 11 is 0. The van der Waals surface area contributed by atoms with Crippen LogP contribution in [-0.4, -0.2) is 25.0 Å². The van der Waals surface area contributed by atoms with E-state index in [2.05, 4.69) is 10.6 Å². The van der Waals surface area contributed by atoms with Crippen molar-refractivity contribution >= 4 is 5.91 Å². The molecule has 0 atom stereocenters. The maximum atomic E-state index is 13.0. The molecule has 20 heavy (non-hydrogen) atoms. The van der Waals surface area contributed by atoms with Gasteiger partial charge in [-0.3, -0.25) is 4.79 Å². The van der Waals surface area contributed by atoms with Crippen LogP contribution in [0, 0.1) is 5.82 Å². The first-order chi connectivity index (χ1) is 9.38. The summed E-state index contributed by atoms with van der Waals surface area (Å²) in [5.41, 5.74) is -1.79. The van der Waals surface area contributed by atoms with Crippen molar-refractivity contribution in [3.05, 3.63) is 35.1 Å². The number of halogens is 4. The first-order valence-corrected chi connectivity index (χ1v) is 6.26. The van der Waals surface area contributed by atoms with Crippen molar-refractivity contribution in [2.45, 2.75) is 25.1 Å². The zero-order valence-corrected chi connectivity index (χ0v) is 10.6. The van der Waals surface area contributed by atoms with Crippen molar-refractivity contribution in [2.75, 3.05) is 13.1 Å². The Morgan fingerprint density at radius 3 is 2.50 bits per heavy atom. The molecule has 0 spiro atoms. The predicted molar refractivity (Wildman–Crippen MR) is 64.8 cm³/mol. The Kier molecular flexibility index (Phi) is 4.27. The number of hydrogen-bond donors (Lipinski definition) is 2. The molecule has 1 aromatic carbocycles. The highest BCUT2D eigenvalue weighted by atomic mass is 19.4. The molecule has 2 rings (SSSR count). The third-order valence-electron chi connectivity index (χ3n) is 3.21. The molecule has 0 aromatic heterocycles. The molecule has 1 aromatic rings. The molecule has 1 fully saturated rings. The van der Waals surface area contributed by atoms with E-state index in [9.17, 15) is 22.4 Å². The lowest BCUT2D eigenvalue weighted by Gasteiger charge is -2.24. The van der Waals surface area contributed by atoms with Gasteiger partial charge in [0.15, 0.2) is 0 Å². The van der Waals surface area contributed by atoms with E-state index in [-0.39, 0.29) is 6.04 Å². The van der Waals surface area contributed by atoms with Crippen LogP contribution in [0.2, 0.25) is 0 Å². The van der Waals surface area contributed by atoms with Gasteiger partial charge in [0.05, 0.1) is 11.1 Å². The number of carbonyl (C=O) groups excluding carboxylic acids is 1. The monoisotopic (exact) mass is 290 g/mol. The van der Waals surface area contributed by atoms with E-state index in [1.54, 1.807) is 0 Å². The van der Waals surface area contributed by atoms with Gasteiger partial charge in [0.1, 0.15) is 5.82 Å². The molecular weight excluding hydrogens is 276 g/mol. The molecule has 110 valence electrons. The average Bonchev–Trinajstić information content (AvgIpc) is 2.38. The Hall–Kier alpha value is -1.63. The lowest BCUT2D eigenvalue weighted by molar-refractivity contribution is -0.138. The van der Waals surface area contributed by atoms with E-state index in [1.807, 2.05) is 0 Å². The smallest absolute Gasteiger partial charge is 0.349 e.